The molecule has 164 valence electrons. The number of anilines is 1. The molecule has 0 saturated carbocycles. The molecule has 10 heteroatoms. The van der Waals surface area contributed by atoms with Gasteiger partial charge in [0.2, 0.25) is 0 Å². The molecular weight excluding hydrogens is 435 g/mol. The summed E-state index contributed by atoms with van der Waals surface area (Å²) in [7, 11) is 3.06. The van der Waals surface area contributed by atoms with Gasteiger partial charge in [-0.25, -0.2) is 0 Å². The van der Waals surface area contributed by atoms with E-state index in [2.05, 4.69) is 10.6 Å². The number of carbonyl (C=O) groups is 1. The van der Waals surface area contributed by atoms with E-state index in [1.807, 2.05) is 6.07 Å². The Morgan fingerprint density at radius 2 is 1.87 bits per heavy atom. The van der Waals surface area contributed by atoms with Crippen molar-refractivity contribution in [2.75, 3.05) is 26.1 Å². The lowest BCUT2D eigenvalue weighted by molar-refractivity contribution is -0.137. The third kappa shape index (κ3) is 6.55. The number of nitriles is 1. The van der Waals surface area contributed by atoms with Crippen LogP contribution < -0.4 is 20.1 Å². The Morgan fingerprint density at radius 1 is 1.16 bits per heavy atom. The second-order valence-electron chi connectivity index (χ2n) is 6.21. The maximum atomic E-state index is 12.9. The zero-order chi connectivity index (χ0) is 23.0. The van der Waals surface area contributed by atoms with Gasteiger partial charge in [0.25, 0.3) is 5.91 Å². The fourth-order valence-electron chi connectivity index (χ4n) is 2.59. The van der Waals surface area contributed by atoms with Gasteiger partial charge in [0, 0.05) is 18.4 Å². The van der Waals surface area contributed by atoms with Gasteiger partial charge in [0.05, 0.1) is 24.8 Å². The molecule has 0 atom stereocenters. The Bertz CT molecular complexity index is 1020. The number of carbonyl (C=O) groups excluding carboxylic acids is 1. The summed E-state index contributed by atoms with van der Waals surface area (Å²) in [4.78, 5) is 12.2. The maximum Gasteiger partial charge on any atom is 0.417 e. The van der Waals surface area contributed by atoms with Gasteiger partial charge in [-0.2, -0.15) is 18.4 Å². The van der Waals surface area contributed by atoms with Crippen LogP contribution in [0.25, 0.3) is 0 Å². The Hall–Kier alpha value is -3.38. The molecule has 0 aliphatic heterocycles. The topological polar surface area (TPSA) is 83.4 Å². The Morgan fingerprint density at radius 3 is 2.48 bits per heavy atom. The number of methoxy groups -OCH3 is 2. The zero-order valence-electron chi connectivity index (χ0n) is 16.6. The molecule has 2 aromatic rings. The van der Waals surface area contributed by atoms with Gasteiger partial charge in [0.1, 0.15) is 11.6 Å². The van der Waals surface area contributed by atoms with Crippen molar-refractivity contribution in [3.8, 4) is 17.6 Å². The van der Waals surface area contributed by atoms with Crippen LogP contribution in [-0.2, 0) is 17.4 Å². The first-order valence-electron chi connectivity index (χ1n) is 8.92. The van der Waals surface area contributed by atoms with E-state index < -0.39 is 22.7 Å². The Kier molecular flexibility index (Phi) is 8.16. The summed E-state index contributed by atoms with van der Waals surface area (Å²) in [6.07, 6.45) is -2.91. The predicted octanol–water partition coefficient (Wildman–Crippen LogP) is 4.55. The van der Waals surface area contributed by atoms with E-state index in [9.17, 15) is 23.2 Å². The molecule has 0 unspecified atom stereocenters. The van der Waals surface area contributed by atoms with E-state index in [4.69, 9.17) is 21.1 Å². The number of alkyl halides is 3. The molecule has 31 heavy (non-hydrogen) atoms. The monoisotopic (exact) mass is 453 g/mol. The van der Waals surface area contributed by atoms with Crippen LogP contribution in [0.4, 0.5) is 18.9 Å². The summed E-state index contributed by atoms with van der Waals surface area (Å²) in [5, 5.41) is 13.8. The van der Waals surface area contributed by atoms with Crippen molar-refractivity contribution in [3.05, 3.63) is 64.3 Å². The largest absolute Gasteiger partial charge is 0.493 e. The molecule has 0 heterocycles. The second-order valence-corrected chi connectivity index (χ2v) is 6.62. The van der Waals surface area contributed by atoms with Crippen molar-refractivity contribution in [2.45, 2.75) is 12.6 Å². The number of ether oxygens (including phenoxy) is 2. The second kappa shape index (κ2) is 10.6. The van der Waals surface area contributed by atoms with Gasteiger partial charge in [-0.1, -0.05) is 17.7 Å². The predicted molar refractivity (Wildman–Crippen MR) is 110 cm³/mol. The van der Waals surface area contributed by atoms with Crippen molar-refractivity contribution in [1.29, 1.82) is 5.26 Å². The molecule has 6 nitrogen and oxygen atoms in total. The summed E-state index contributed by atoms with van der Waals surface area (Å²) in [6.45, 7) is 0.396. The minimum atomic E-state index is -4.67. The van der Waals surface area contributed by atoms with E-state index in [1.165, 1.54) is 26.5 Å². The van der Waals surface area contributed by atoms with Gasteiger partial charge in [0.15, 0.2) is 11.5 Å². The lowest BCUT2D eigenvalue weighted by atomic mass is 10.1. The van der Waals surface area contributed by atoms with E-state index in [-0.39, 0.29) is 11.3 Å². The van der Waals surface area contributed by atoms with Crippen molar-refractivity contribution in [1.82, 2.24) is 5.32 Å². The number of hydrogen-bond acceptors (Lipinski definition) is 5. The molecule has 0 fully saturated rings. The summed E-state index contributed by atoms with van der Waals surface area (Å²) in [5.41, 5.74) is -0.575. The number of rotatable bonds is 8. The standard InChI is InChI=1S/C21H19ClF3N3O3/c1-30-18-6-3-13(9-19(18)31-2)7-8-27-12-14(11-26)20(29)28-15-4-5-17(22)16(10-15)21(23,24)25/h3-6,9-10,12,27H,7-8H2,1-2H3,(H,28,29)/b14-12-. The van der Waals surface area contributed by atoms with Crippen LogP contribution in [0.3, 0.4) is 0 Å². The minimum Gasteiger partial charge on any atom is -0.493 e. The van der Waals surface area contributed by atoms with E-state index in [0.717, 1.165) is 11.6 Å². The van der Waals surface area contributed by atoms with Crippen LogP contribution in [0.1, 0.15) is 11.1 Å². The molecule has 1 amide bonds. The van der Waals surface area contributed by atoms with Crippen LogP contribution >= 0.6 is 11.6 Å². The Labute approximate surface area is 182 Å². The summed E-state index contributed by atoms with van der Waals surface area (Å²) >= 11 is 5.56. The first-order chi connectivity index (χ1) is 14.7. The van der Waals surface area contributed by atoms with Crippen LogP contribution in [0.15, 0.2) is 48.2 Å². The molecule has 0 saturated heterocycles. The lowest BCUT2D eigenvalue weighted by Gasteiger charge is -2.11. The van der Waals surface area contributed by atoms with Crippen molar-refractivity contribution >= 4 is 23.2 Å². The highest BCUT2D eigenvalue weighted by Crippen LogP contribution is 2.36. The normalized spacial score (nSPS) is 11.5. The van der Waals surface area contributed by atoms with Crippen molar-refractivity contribution in [3.63, 3.8) is 0 Å². The van der Waals surface area contributed by atoms with E-state index in [0.29, 0.717) is 30.5 Å². The molecule has 2 aromatic carbocycles. The van der Waals surface area contributed by atoms with E-state index >= 15 is 0 Å². The molecule has 2 rings (SSSR count). The maximum absolute atomic E-state index is 12.9. The number of nitrogens with one attached hydrogen (secondary N) is 2. The third-order valence-corrected chi connectivity index (χ3v) is 4.48. The first-order valence-corrected chi connectivity index (χ1v) is 9.30. The third-order valence-electron chi connectivity index (χ3n) is 4.15. The fraction of sp³-hybridized carbons (Fsp3) is 0.238. The zero-order valence-corrected chi connectivity index (χ0v) is 17.4. The summed E-state index contributed by atoms with van der Waals surface area (Å²) < 4.78 is 49.2. The molecule has 0 spiro atoms. The highest BCUT2D eigenvalue weighted by Gasteiger charge is 2.33. The van der Waals surface area contributed by atoms with Gasteiger partial charge in [-0.05, 0) is 42.3 Å². The molecular formula is C21H19ClF3N3O3. The van der Waals surface area contributed by atoms with Gasteiger partial charge in [-0.15, -0.1) is 0 Å². The molecule has 0 aliphatic carbocycles. The van der Waals surface area contributed by atoms with Gasteiger partial charge in [-0.3, -0.25) is 4.79 Å². The minimum absolute atomic E-state index is 0.131. The van der Waals surface area contributed by atoms with Crippen LogP contribution in [0, 0.1) is 11.3 Å². The number of halogens is 4. The number of hydrogen-bond donors (Lipinski definition) is 2. The lowest BCUT2D eigenvalue weighted by Crippen LogP contribution is -2.18. The average Bonchev–Trinajstić information content (AvgIpc) is 2.74. The van der Waals surface area contributed by atoms with Crippen molar-refractivity contribution in [2.24, 2.45) is 0 Å². The smallest absolute Gasteiger partial charge is 0.417 e. The quantitative estimate of drug-likeness (QED) is 0.348. The van der Waals surface area contributed by atoms with Gasteiger partial charge < -0.3 is 20.1 Å². The molecule has 0 bridgehead atoms. The number of amides is 1. The highest BCUT2D eigenvalue weighted by atomic mass is 35.5. The van der Waals surface area contributed by atoms with Crippen molar-refractivity contribution < 1.29 is 27.4 Å². The molecule has 0 aromatic heterocycles. The summed E-state index contributed by atoms with van der Waals surface area (Å²) in [6, 6.07) is 10.1. The molecule has 0 aliphatic rings. The number of nitrogens with zero attached hydrogens (tertiary/aromatic N) is 1. The summed E-state index contributed by atoms with van der Waals surface area (Å²) in [5.74, 6) is 0.323. The molecule has 2 N–H and O–H groups in total. The molecule has 0 radical (unpaired) electrons. The van der Waals surface area contributed by atoms with Crippen LogP contribution in [0.2, 0.25) is 5.02 Å². The average molecular weight is 454 g/mol. The van der Waals surface area contributed by atoms with Crippen LogP contribution in [-0.4, -0.2) is 26.7 Å². The van der Waals surface area contributed by atoms with E-state index in [1.54, 1.807) is 18.2 Å². The Balaban J connectivity index is 1.99. The van der Waals surface area contributed by atoms with Crippen LogP contribution in [0.5, 0.6) is 11.5 Å². The number of benzene rings is 2. The highest BCUT2D eigenvalue weighted by molar-refractivity contribution is 6.31. The van der Waals surface area contributed by atoms with Gasteiger partial charge >= 0.3 is 6.18 Å². The first kappa shape index (κ1) is 23.9. The SMILES string of the molecule is COc1ccc(CCN/C=C(/C#N)C(=O)Nc2ccc(Cl)c(C(F)(F)F)c2)cc1OC. The fourth-order valence-corrected chi connectivity index (χ4v) is 2.82.